The van der Waals surface area contributed by atoms with Crippen molar-refractivity contribution < 1.29 is 4.79 Å². The van der Waals surface area contributed by atoms with Crippen LogP contribution in [0.1, 0.15) is 53.7 Å². The summed E-state index contributed by atoms with van der Waals surface area (Å²) in [7, 11) is 0. The summed E-state index contributed by atoms with van der Waals surface area (Å²) in [6, 6.07) is 7.30. The molecular formula is C17H28Cl3NOS. The highest BCUT2D eigenvalue weighted by molar-refractivity contribution is 7.59. The number of amides is 1. The average molecular weight is 401 g/mol. The van der Waals surface area contributed by atoms with Gasteiger partial charge in [-0.2, -0.15) is 13.5 Å². The second kappa shape index (κ2) is 8.84. The lowest BCUT2D eigenvalue weighted by Crippen LogP contribution is -2.36. The van der Waals surface area contributed by atoms with Crippen molar-refractivity contribution in [2.45, 2.75) is 52.4 Å². The van der Waals surface area contributed by atoms with Crippen LogP contribution in [0.25, 0.3) is 0 Å². The van der Waals surface area contributed by atoms with Crippen LogP contribution in [0.15, 0.2) is 24.3 Å². The quantitative estimate of drug-likeness (QED) is 0.606. The van der Waals surface area contributed by atoms with Crippen LogP contribution in [0.5, 0.6) is 0 Å². The van der Waals surface area contributed by atoms with E-state index < -0.39 is 9.75 Å². The second-order valence-electron chi connectivity index (χ2n) is 5.42. The molecule has 23 heavy (non-hydrogen) atoms. The SMILES string of the molecule is C.C.CC[C@]1(C(=O)NC(C)c2ccc(Cl)cc2)[C@H](C)C1(Cl)Cl.S. The zero-order valence-electron chi connectivity index (χ0n) is 12.2. The molecule has 0 aromatic heterocycles. The Morgan fingerprint density at radius 3 is 2.04 bits per heavy atom. The van der Waals surface area contributed by atoms with Gasteiger partial charge in [0.15, 0.2) is 0 Å². The molecule has 1 aliphatic carbocycles. The number of nitrogens with one attached hydrogen (secondary N) is 1. The predicted molar refractivity (Wildman–Crippen MR) is 108 cm³/mol. The molecule has 0 radical (unpaired) electrons. The Kier molecular flexibility index (Phi) is 9.67. The van der Waals surface area contributed by atoms with Crippen molar-refractivity contribution >= 4 is 54.2 Å². The van der Waals surface area contributed by atoms with Crippen molar-refractivity contribution in [2.75, 3.05) is 0 Å². The fourth-order valence-electron chi connectivity index (χ4n) is 2.85. The first-order chi connectivity index (χ1) is 9.27. The van der Waals surface area contributed by atoms with Crippen LogP contribution in [0, 0.1) is 11.3 Å². The first-order valence-corrected chi connectivity index (χ1v) is 7.85. The van der Waals surface area contributed by atoms with E-state index in [1.807, 2.05) is 45.0 Å². The van der Waals surface area contributed by atoms with E-state index in [2.05, 4.69) is 5.32 Å². The van der Waals surface area contributed by atoms with E-state index in [1.165, 1.54) is 0 Å². The van der Waals surface area contributed by atoms with Crippen molar-refractivity contribution in [3.63, 3.8) is 0 Å². The number of halogens is 3. The number of carbonyl (C=O) groups excluding carboxylic acids is 1. The van der Waals surface area contributed by atoms with Crippen molar-refractivity contribution in [1.29, 1.82) is 0 Å². The molecule has 1 fully saturated rings. The summed E-state index contributed by atoms with van der Waals surface area (Å²) in [5, 5.41) is 3.68. The van der Waals surface area contributed by atoms with Gasteiger partial charge in [-0.15, -0.1) is 23.2 Å². The molecule has 1 saturated carbocycles. The molecule has 0 bridgehead atoms. The van der Waals surface area contributed by atoms with E-state index in [0.717, 1.165) is 5.56 Å². The van der Waals surface area contributed by atoms with Crippen LogP contribution >= 0.6 is 48.3 Å². The van der Waals surface area contributed by atoms with Crippen LogP contribution in [-0.4, -0.2) is 10.2 Å². The van der Waals surface area contributed by atoms with Gasteiger partial charge >= 0.3 is 0 Å². The van der Waals surface area contributed by atoms with Gasteiger partial charge in [-0.3, -0.25) is 4.79 Å². The Balaban J connectivity index is 0. The molecule has 0 heterocycles. The lowest BCUT2D eigenvalue weighted by molar-refractivity contribution is -0.127. The summed E-state index contributed by atoms with van der Waals surface area (Å²) in [5.74, 6) is -0.124. The van der Waals surface area contributed by atoms with Gasteiger partial charge in [0, 0.05) is 10.9 Å². The topological polar surface area (TPSA) is 29.1 Å². The first kappa shape index (κ1) is 25.2. The lowest BCUT2D eigenvalue weighted by atomic mass is 9.98. The van der Waals surface area contributed by atoms with E-state index in [0.29, 0.717) is 11.4 Å². The number of benzene rings is 1. The third kappa shape index (κ3) is 4.12. The maximum atomic E-state index is 12.5. The third-order valence-corrected chi connectivity index (χ3v) is 6.06. The Bertz CT molecular complexity index is 521. The highest BCUT2D eigenvalue weighted by Gasteiger charge is 2.76. The molecular weight excluding hydrogens is 373 g/mol. The molecule has 3 atom stereocenters. The largest absolute Gasteiger partial charge is 0.349 e. The molecule has 1 unspecified atom stereocenters. The smallest absolute Gasteiger partial charge is 0.230 e. The van der Waals surface area contributed by atoms with Crippen LogP contribution in [-0.2, 0) is 4.79 Å². The maximum Gasteiger partial charge on any atom is 0.230 e. The summed E-state index contributed by atoms with van der Waals surface area (Å²) < 4.78 is -0.967. The molecule has 1 aliphatic rings. The maximum absolute atomic E-state index is 12.5. The Labute approximate surface area is 162 Å². The molecule has 0 saturated heterocycles. The van der Waals surface area contributed by atoms with Gasteiger partial charge in [0.1, 0.15) is 4.33 Å². The van der Waals surface area contributed by atoms with Crippen LogP contribution in [0.2, 0.25) is 5.02 Å². The van der Waals surface area contributed by atoms with Crippen molar-refractivity contribution in [3.05, 3.63) is 34.9 Å². The van der Waals surface area contributed by atoms with E-state index >= 15 is 0 Å². The Hall–Kier alpha value is -0.0900. The van der Waals surface area contributed by atoms with Crippen LogP contribution in [0.4, 0.5) is 0 Å². The molecule has 2 nitrogen and oxygen atoms in total. The number of hydrogen-bond acceptors (Lipinski definition) is 1. The van der Waals surface area contributed by atoms with Crippen molar-refractivity contribution in [2.24, 2.45) is 11.3 Å². The highest BCUT2D eigenvalue weighted by atomic mass is 35.5. The number of hydrogen-bond donors (Lipinski definition) is 1. The van der Waals surface area contributed by atoms with E-state index in [4.69, 9.17) is 34.8 Å². The van der Waals surface area contributed by atoms with Crippen molar-refractivity contribution in [1.82, 2.24) is 5.32 Å². The minimum atomic E-state index is -0.967. The zero-order chi connectivity index (χ0) is 15.1. The fraction of sp³-hybridized carbons (Fsp3) is 0.588. The molecule has 6 heteroatoms. The molecule has 1 aromatic rings. The molecule has 1 N–H and O–H groups in total. The van der Waals surface area contributed by atoms with Gasteiger partial charge < -0.3 is 5.32 Å². The standard InChI is InChI=1S/C15H18Cl3NO.2CH4.H2S/c1-4-14(10(3)15(14,17)18)13(20)19-9(2)11-5-7-12(16)8-6-11;;;/h5-10H,4H2,1-3H3,(H,19,20);2*1H4;1H2/t9?,10-,14+;;;/m0.../s1. The van der Waals surface area contributed by atoms with E-state index in [-0.39, 0.29) is 46.2 Å². The van der Waals surface area contributed by atoms with Gasteiger partial charge in [-0.05, 0) is 31.0 Å². The summed E-state index contributed by atoms with van der Waals surface area (Å²) >= 11 is 18.4. The summed E-state index contributed by atoms with van der Waals surface area (Å²) in [4.78, 5) is 12.5. The summed E-state index contributed by atoms with van der Waals surface area (Å²) in [6.07, 6.45) is 0.625. The van der Waals surface area contributed by atoms with Gasteiger partial charge in [0.2, 0.25) is 5.91 Å². The second-order valence-corrected chi connectivity index (χ2v) is 7.24. The number of rotatable bonds is 4. The highest BCUT2D eigenvalue weighted by Crippen LogP contribution is 2.70. The van der Waals surface area contributed by atoms with Gasteiger partial charge in [-0.1, -0.05) is 52.4 Å². The van der Waals surface area contributed by atoms with Gasteiger partial charge in [0.25, 0.3) is 0 Å². The third-order valence-electron chi connectivity index (χ3n) is 4.47. The molecule has 1 aromatic carbocycles. The summed E-state index contributed by atoms with van der Waals surface area (Å²) in [6.45, 7) is 5.78. The Morgan fingerprint density at radius 1 is 1.26 bits per heavy atom. The fourth-order valence-corrected chi connectivity index (χ4v) is 4.01. The lowest BCUT2D eigenvalue weighted by Gasteiger charge is -2.20. The van der Waals surface area contributed by atoms with E-state index in [9.17, 15) is 4.79 Å². The average Bonchev–Trinajstić information content (AvgIpc) is 2.84. The minimum Gasteiger partial charge on any atom is -0.349 e. The molecule has 0 aliphatic heterocycles. The molecule has 134 valence electrons. The van der Waals surface area contributed by atoms with Crippen molar-refractivity contribution in [3.8, 4) is 0 Å². The Morgan fingerprint density at radius 2 is 1.70 bits per heavy atom. The van der Waals surface area contributed by atoms with Crippen LogP contribution in [0.3, 0.4) is 0 Å². The van der Waals surface area contributed by atoms with Crippen LogP contribution < -0.4 is 5.32 Å². The van der Waals surface area contributed by atoms with Gasteiger partial charge in [-0.25, -0.2) is 0 Å². The molecule has 0 spiro atoms. The molecule has 2 rings (SSSR count). The predicted octanol–water partition coefficient (Wildman–Crippen LogP) is 6.12. The number of carbonyl (C=O) groups is 1. The zero-order valence-corrected chi connectivity index (χ0v) is 15.5. The molecule has 1 amide bonds. The van der Waals surface area contributed by atoms with E-state index in [1.54, 1.807) is 0 Å². The summed E-state index contributed by atoms with van der Waals surface area (Å²) in [5.41, 5.74) is 0.314. The minimum absolute atomic E-state index is 0. The first-order valence-electron chi connectivity index (χ1n) is 6.71. The van der Waals surface area contributed by atoms with Gasteiger partial charge in [0.05, 0.1) is 11.5 Å². The monoisotopic (exact) mass is 399 g/mol. The normalized spacial score (nSPS) is 25.0. The number of alkyl halides is 2.